The zero-order chi connectivity index (χ0) is 19.4. The van der Waals surface area contributed by atoms with E-state index in [9.17, 15) is 18.0 Å². The van der Waals surface area contributed by atoms with Crippen molar-refractivity contribution in [2.24, 2.45) is 5.73 Å². The van der Waals surface area contributed by atoms with E-state index in [-0.39, 0.29) is 11.9 Å². The average Bonchev–Trinajstić information content (AvgIpc) is 3.05. The van der Waals surface area contributed by atoms with E-state index in [0.29, 0.717) is 19.4 Å². The SMILES string of the molecule is CCN(CC)C(CNC(=O)C1(N)CCCC1)c1ccc(C(F)(F)F)cc1. The highest BCUT2D eigenvalue weighted by Gasteiger charge is 2.37. The summed E-state index contributed by atoms with van der Waals surface area (Å²) in [5.41, 5.74) is 5.45. The second-order valence-electron chi connectivity index (χ2n) is 6.93. The van der Waals surface area contributed by atoms with Crippen molar-refractivity contribution in [2.45, 2.75) is 57.3 Å². The van der Waals surface area contributed by atoms with E-state index in [0.717, 1.165) is 43.6 Å². The van der Waals surface area contributed by atoms with Crippen molar-refractivity contribution in [3.05, 3.63) is 35.4 Å². The molecule has 1 saturated carbocycles. The number of alkyl halides is 3. The first-order valence-corrected chi connectivity index (χ1v) is 9.19. The lowest BCUT2D eigenvalue weighted by Gasteiger charge is -2.32. The minimum Gasteiger partial charge on any atom is -0.353 e. The van der Waals surface area contributed by atoms with Crippen LogP contribution in [0.25, 0.3) is 0 Å². The lowest BCUT2D eigenvalue weighted by molar-refractivity contribution is -0.137. The van der Waals surface area contributed by atoms with Crippen LogP contribution in [0.3, 0.4) is 0 Å². The third-order valence-corrected chi connectivity index (χ3v) is 5.28. The number of rotatable bonds is 7. The quantitative estimate of drug-likeness (QED) is 0.772. The molecule has 1 aliphatic rings. The summed E-state index contributed by atoms with van der Waals surface area (Å²) in [7, 11) is 0. The van der Waals surface area contributed by atoms with Gasteiger partial charge in [0.05, 0.1) is 17.1 Å². The van der Waals surface area contributed by atoms with Crippen molar-refractivity contribution in [1.29, 1.82) is 0 Å². The van der Waals surface area contributed by atoms with E-state index in [4.69, 9.17) is 5.73 Å². The molecule has 1 aromatic carbocycles. The number of amides is 1. The molecule has 26 heavy (non-hydrogen) atoms. The van der Waals surface area contributed by atoms with Crippen LogP contribution in [0.2, 0.25) is 0 Å². The number of nitrogens with two attached hydrogens (primary N) is 1. The molecule has 0 saturated heterocycles. The lowest BCUT2D eigenvalue weighted by atomic mass is 9.97. The van der Waals surface area contributed by atoms with E-state index in [1.54, 1.807) is 0 Å². The van der Waals surface area contributed by atoms with Gasteiger partial charge in [0.1, 0.15) is 0 Å². The molecule has 7 heteroatoms. The molecule has 1 unspecified atom stereocenters. The average molecular weight is 371 g/mol. The summed E-state index contributed by atoms with van der Waals surface area (Å²) in [4.78, 5) is 14.6. The molecule has 0 bridgehead atoms. The van der Waals surface area contributed by atoms with Gasteiger partial charge in [0.25, 0.3) is 0 Å². The largest absolute Gasteiger partial charge is 0.416 e. The van der Waals surface area contributed by atoms with Gasteiger partial charge in [0, 0.05) is 6.54 Å². The smallest absolute Gasteiger partial charge is 0.353 e. The summed E-state index contributed by atoms with van der Waals surface area (Å²) in [6.07, 6.45) is -1.11. The zero-order valence-corrected chi connectivity index (χ0v) is 15.4. The summed E-state index contributed by atoms with van der Waals surface area (Å²) >= 11 is 0. The van der Waals surface area contributed by atoms with Crippen molar-refractivity contribution < 1.29 is 18.0 Å². The third-order valence-electron chi connectivity index (χ3n) is 5.28. The molecule has 4 nitrogen and oxygen atoms in total. The predicted octanol–water partition coefficient (Wildman–Crippen LogP) is 3.48. The van der Waals surface area contributed by atoms with E-state index in [2.05, 4.69) is 10.2 Å². The molecular formula is C19H28F3N3O. The third kappa shape index (κ3) is 4.76. The minimum atomic E-state index is -4.36. The Labute approximate surface area is 152 Å². The highest BCUT2D eigenvalue weighted by atomic mass is 19.4. The van der Waals surface area contributed by atoms with Crippen LogP contribution in [0.15, 0.2) is 24.3 Å². The number of hydrogen-bond donors (Lipinski definition) is 2. The van der Waals surface area contributed by atoms with E-state index < -0.39 is 17.3 Å². The first-order chi connectivity index (χ1) is 12.2. The molecular weight excluding hydrogens is 343 g/mol. The number of benzene rings is 1. The van der Waals surface area contributed by atoms with Crippen molar-refractivity contribution in [1.82, 2.24) is 10.2 Å². The minimum absolute atomic E-state index is 0.168. The van der Waals surface area contributed by atoms with Crippen molar-refractivity contribution in [2.75, 3.05) is 19.6 Å². The molecule has 0 aliphatic heterocycles. The standard InChI is InChI=1S/C19H28F3N3O/c1-3-25(4-2)16(13-24-17(26)18(23)11-5-6-12-18)14-7-9-15(10-8-14)19(20,21)22/h7-10,16H,3-6,11-13,23H2,1-2H3,(H,24,26). The fourth-order valence-electron chi connectivity index (χ4n) is 3.61. The van der Waals surface area contributed by atoms with Crippen molar-refractivity contribution >= 4 is 5.91 Å². The van der Waals surface area contributed by atoms with E-state index >= 15 is 0 Å². The first kappa shape index (κ1) is 20.7. The maximum absolute atomic E-state index is 12.8. The number of carbonyl (C=O) groups excluding carboxylic acids is 1. The normalized spacial score (nSPS) is 18.1. The number of halogens is 3. The first-order valence-electron chi connectivity index (χ1n) is 9.19. The number of nitrogens with one attached hydrogen (secondary N) is 1. The van der Waals surface area contributed by atoms with Gasteiger partial charge in [-0.05, 0) is 43.6 Å². The molecule has 0 heterocycles. The van der Waals surface area contributed by atoms with Crippen LogP contribution < -0.4 is 11.1 Å². The summed E-state index contributed by atoms with van der Waals surface area (Å²) in [6, 6.07) is 4.97. The fourth-order valence-corrected chi connectivity index (χ4v) is 3.61. The highest BCUT2D eigenvalue weighted by Crippen LogP contribution is 2.31. The van der Waals surface area contributed by atoms with Crippen LogP contribution in [0.5, 0.6) is 0 Å². The van der Waals surface area contributed by atoms with Crippen molar-refractivity contribution in [3.8, 4) is 0 Å². The number of likely N-dealkylation sites (N-methyl/N-ethyl adjacent to an activating group) is 1. The van der Waals surface area contributed by atoms with Gasteiger partial charge in [-0.1, -0.05) is 38.8 Å². The molecule has 1 fully saturated rings. The zero-order valence-electron chi connectivity index (χ0n) is 15.4. The van der Waals surface area contributed by atoms with Crippen LogP contribution in [0.1, 0.15) is 56.7 Å². The van der Waals surface area contributed by atoms with Crippen LogP contribution >= 0.6 is 0 Å². The topological polar surface area (TPSA) is 58.4 Å². The summed E-state index contributed by atoms with van der Waals surface area (Å²) < 4.78 is 38.4. The van der Waals surface area contributed by atoms with Gasteiger partial charge in [0.2, 0.25) is 5.91 Å². The molecule has 1 aromatic rings. The Balaban J connectivity index is 2.14. The molecule has 0 spiro atoms. The van der Waals surface area contributed by atoms with Crippen LogP contribution in [-0.4, -0.2) is 36.0 Å². The van der Waals surface area contributed by atoms with E-state index in [1.807, 2.05) is 13.8 Å². The van der Waals surface area contributed by atoms with Crippen LogP contribution in [0.4, 0.5) is 13.2 Å². The number of carbonyl (C=O) groups is 1. The Bertz CT molecular complexity index is 591. The Morgan fingerprint density at radius 2 is 1.73 bits per heavy atom. The fraction of sp³-hybridized carbons (Fsp3) is 0.632. The lowest BCUT2D eigenvalue weighted by Crippen LogP contribution is -2.53. The van der Waals surface area contributed by atoms with Gasteiger partial charge < -0.3 is 11.1 Å². The molecule has 2 rings (SSSR count). The molecule has 1 amide bonds. The second kappa shape index (κ2) is 8.39. The Hall–Kier alpha value is -1.60. The van der Waals surface area contributed by atoms with Gasteiger partial charge in [-0.3, -0.25) is 9.69 Å². The van der Waals surface area contributed by atoms with Gasteiger partial charge in [-0.2, -0.15) is 13.2 Å². The van der Waals surface area contributed by atoms with E-state index in [1.165, 1.54) is 12.1 Å². The molecule has 1 atom stereocenters. The monoisotopic (exact) mass is 371 g/mol. The molecule has 3 N–H and O–H groups in total. The maximum atomic E-state index is 12.8. The number of nitrogens with zero attached hydrogens (tertiary/aromatic N) is 1. The second-order valence-corrected chi connectivity index (χ2v) is 6.93. The molecule has 1 aliphatic carbocycles. The summed E-state index contributed by atoms with van der Waals surface area (Å²) in [5, 5.41) is 2.93. The highest BCUT2D eigenvalue weighted by molar-refractivity contribution is 5.86. The Morgan fingerprint density at radius 1 is 1.19 bits per heavy atom. The van der Waals surface area contributed by atoms with Crippen LogP contribution in [-0.2, 0) is 11.0 Å². The van der Waals surface area contributed by atoms with Gasteiger partial charge in [0.15, 0.2) is 0 Å². The maximum Gasteiger partial charge on any atom is 0.416 e. The van der Waals surface area contributed by atoms with Crippen molar-refractivity contribution in [3.63, 3.8) is 0 Å². The van der Waals surface area contributed by atoms with Gasteiger partial charge >= 0.3 is 6.18 Å². The van der Waals surface area contributed by atoms with Gasteiger partial charge in [-0.25, -0.2) is 0 Å². The number of hydrogen-bond acceptors (Lipinski definition) is 3. The molecule has 0 aromatic heterocycles. The Kier molecular flexibility index (Phi) is 6.69. The predicted molar refractivity (Wildman–Crippen MR) is 95.5 cm³/mol. The summed E-state index contributed by atoms with van der Waals surface area (Å²) in [6.45, 7) is 5.76. The molecule has 146 valence electrons. The van der Waals surface area contributed by atoms with Crippen LogP contribution in [0, 0.1) is 0 Å². The molecule has 0 radical (unpaired) electrons. The van der Waals surface area contributed by atoms with Gasteiger partial charge in [-0.15, -0.1) is 0 Å². The summed E-state index contributed by atoms with van der Waals surface area (Å²) in [5.74, 6) is -0.168. The Morgan fingerprint density at radius 3 is 2.19 bits per heavy atom.